The normalized spacial score (nSPS) is 15.8. The van der Waals surface area contributed by atoms with E-state index in [0.717, 1.165) is 40.7 Å². The number of benzene rings is 1. The second kappa shape index (κ2) is 7.25. The molecule has 1 fully saturated rings. The van der Waals surface area contributed by atoms with Crippen LogP contribution in [0.2, 0.25) is 0 Å². The molecule has 3 nitrogen and oxygen atoms in total. The van der Waals surface area contributed by atoms with Crippen molar-refractivity contribution in [3.05, 3.63) is 35.1 Å². The first-order valence-corrected chi connectivity index (χ1v) is 7.49. The zero-order chi connectivity index (χ0) is 13.1. The van der Waals surface area contributed by atoms with E-state index in [9.17, 15) is 0 Å². The monoisotopic (exact) mass is 356 g/mol. The Kier molecular flexibility index (Phi) is 5.64. The molecular weight excluding hydrogens is 340 g/mol. The Labute approximate surface area is 133 Å². The number of aromatic nitrogens is 1. The minimum atomic E-state index is 0. The van der Waals surface area contributed by atoms with Crippen LogP contribution in [0.5, 0.6) is 5.75 Å². The van der Waals surface area contributed by atoms with Crippen LogP contribution in [-0.4, -0.2) is 24.7 Å². The standard InChI is InChI=1S/C15H17BrN2O.ClH/c16-15-13-5-8-18-9-12(13)1-2-14(15)19-10-11-3-6-17-7-4-11;/h1-2,5,8-9,11,17H,3-4,6-7,10H2;1H. The van der Waals surface area contributed by atoms with E-state index in [4.69, 9.17) is 4.74 Å². The third-order valence-corrected chi connectivity index (χ3v) is 4.47. The van der Waals surface area contributed by atoms with Crippen LogP contribution in [0.3, 0.4) is 0 Å². The Morgan fingerprint density at radius 3 is 2.85 bits per heavy atom. The number of ether oxygens (including phenoxy) is 1. The summed E-state index contributed by atoms with van der Waals surface area (Å²) in [6.45, 7) is 3.02. The third-order valence-electron chi connectivity index (χ3n) is 3.65. The number of nitrogens with zero attached hydrogens (tertiary/aromatic N) is 1. The summed E-state index contributed by atoms with van der Waals surface area (Å²) >= 11 is 3.64. The number of pyridine rings is 1. The molecule has 3 rings (SSSR count). The second-order valence-corrected chi connectivity index (χ2v) is 5.77. The lowest BCUT2D eigenvalue weighted by Crippen LogP contribution is -2.30. The van der Waals surface area contributed by atoms with E-state index in [1.807, 2.05) is 24.5 Å². The summed E-state index contributed by atoms with van der Waals surface area (Å²) in [6, 6.07) is 6.09. The summed E-state index contributed by atoms with van der Waals surface area (Å²) in [7, 11) is 0. The van der Waals surface area contributed by atoms with Crippen LogP contribution >= 0.6 is 28.3 Å². The van der Waals surface area contributed by atoms with E-state index in [1.165, 1.54) is 12.8 Å². The van der Waals surface area contributed by atoms with Gasteiger partial charge in [-0.2, -0.15) is 0 Å². The number of halogens is 2. The fraction of sp³-hybridized carbons (Fsp3) is 0.400. The molecular formula is C15H18BrClN2O. The predicted octanol–water partition coefficient (Wildman–Crippen LogP) is 3.80. The molecule has 0 unspecified atom stereocenters. The lowest BCUT2D eigenvalue weighted by molar-refractivity contribution is 0.214. The number of hydrogen-bond donors (Lipinski definition) is 1. The molecule has 20 heavy (non-hydrogen) atoms. The molecule has 0 saturated carbocycles. The molecule has 2 aromatic rings. The molecule has 1 aliphatic heterocycles. The fourth-order valence-corrected chi connectivity index (χ4v) is 3.09. The van der Waals surface area contributed by atoms with Gasteiger partial charge in [-0.15, -0.1) is 12.4 Å². The smallest absolute Gasteiger partial charge is 0.134 e. The molecule has 2 heterocycles. The average Bonchev–Trinajstić information content (AvgIpc) is 2.48. The first kappa shape index (κ1) is 15.5. The summed E-state index contributed by atoms with van der Waals surface area (Å²) < 4.78 is 7.02. The lowest BCUT2D eigenvalue weighted by atomic mass is 9.99. The number of nitrogens with one attached hydrogen (secondary N) is 1. The number of fused-ring (bicyclic) bond motifs is 1. The fourth-order valence-electron chi connectivity index (χ4n) is 2.48. The van der Waals surface area contributed by atoms with Gasteiger partial charge >= 0.3 is 0 Å². The molecule has 1 aliphatic rings. The van der Waals surface area contributed by atoms with Crippen LogP contribution in [0.25, 0.3) is 10.8 Å². The van der Waals surface area contributed by atoms with Crippen molar-refractivity contribution in [3.8, 4) is 5.75 Å². The van der Waals surface area contributed by atoms with Crippen molar-refractivity contribution in [3.63, 3.8) is 0 Å². The van der Waals surface area contributed by atoms with Crippen molar-refractivity contribution in [2.24, 2.45) is 5.92 Å². The maximum absolute atomic E-state index is 5.99. The quantitative estimate of drug-likeness (QED) is 0.907. The molecule has 0 aliphatic carbocycles. The highest BCUT2D eigenvalue weighted by atomic mass is 79.9. The summed E-state index contributed by atoms with van der Waals surface area (Å²) in [4.78, 5) is 4.13. The number of rotatable bonds is 3. The van der Waals surface area contributed by atoms with Crippen LogP contribution in [-0.2, 0) is 0 Å². The van der Waals surface area contributed by atoms with E-state index in [1.54, 1.807) is 0 Å². The molecule has 0 spiro atoms. The van der Waals surface area contributed by atoms with Crippen LogP contribution in [0.15, 0.2) is 35.1 Å². The SMILES string of the molecule is Brc1c(OCC2CCNCC2)ccc2cnccc12.Cl. The van der Waals surface area contributed by atoms with Crippen molar-refractivity contribution >= 4 is 39.1 Å². The van der Waals surface area contributed by atoms with E-state index in [-0.39, 0.29) is 12.4 Å². The maximum atomic E-state index is 5.99. The maximum Gasteiger partial charge on any atom is 0.134 e. The summed E-state index contributed by atoms with van der Waals surface area (Å²) in [5, 5.41) is 5.66. The Bertz CT molecular complexity index is 573. The van der Waals surface area contributed by atoms with Gasteiger partial charge in [0.2, 0.25) is 0 Å². The van der Waals surface area contributed by atoms with Gasteiger partial charge in [-0.25, -0.2) is 0 Å². The molecule has 1 saturated heterocycles. The summed E-state index contributed by atoms with van der Waals surface area (Å²) in [5.41, 5.74) is 0. The van der Waals surface area contributed by atoms with Gasteiger partial charge in [0.25, 0.3) is 0 Å². The molecule has 1 aromatic heterocycles. The average molecular weight is 358 g/mol. The number of hydrogen-bond acceptors (Lipinski definition) is 3. The highest BCUT2D eigenvalue weighted by Crippen LogP contribution is 2.33. The van der Waals surface area contributed by atoms with Gasteiger partial charge in [0.1, 0.15) is 5.75 Å². The summed E-state index contributed by atoms with van der Waals surface area (Å²) in [5.74, 6) is 1.60. The molecule has 108 valence electrons. The molecule has 0 bridgehead atoms. The van der Waals surface area contributed by atoms with E-state index < -0.39 is 0 Å². The minimum absolute atomic E-state index is 0. The van der Waals surface area contributed by atoms with Gasteiger partial charge in [0.05, 0.1) is 11.1 Å². The van der Waals surface area contributed by atoms with E-state index in [0.29, 0.717) is 5.92 Å². The Balaban J connectivity index is 0.00000147. The molecule has 0 atom stereocenters. The minimum Gasteiger partial charge on any atom is -0.492 e. The van der Waals surface area contributed by atoms with Gasteiger partial charge in [0.15, 0.2) is 0 Å². The first-order chi connectivity index (χ1) is 9.34. The third kappa shape index (κ3) is 3.43. The van der Waals surface area contributed by atoms with Crippen LogP contribution in [0, 0.1) is 5.92 Å². The zero-order valence-electron chi connectivity index (χ0n) is 11.1. The highest BCUT2D eigenvalue weighted by molar-refractivity contribution is 9.10. The Hall–Kier alpha value is -0.840. The van der Waals surface area contributed by atoms with Gasteiger partial charge < -0.3 is 10.1 Å². The van der Waals surface area contributed by atoms with Crippen molar-refractivity contribution in [2.45, 2.75) is 12.8 Å². The van der Waals surface area contributed by atoms with Crippen molar-refractivity contribution < 1.29 is 4.74 Å². The highest BCUT2D eigenvalue weighted by Gasteiger charge is 2.14. The molecule has 1 aromatic carbocycles. The Morgan fingerprint density at radius 1 is 1.25 bits per heavy atom. The topological polar surface area (TPSA) is 34.1 Å². The van der Waals surface area contributed by atoms with Crippen molar-refractivity contribution in [1.82, 2.24) is 10.3 Å². The molecule has 0 amide bonds. The van der Waals surface area contributed by atoms with Crippen LogP contribution in [0.4, 0.5) is 0 Å². The molecule has 5 heteroatoms. The zero-order valence-corrected chi connectivity index (χ0v) is 13.5. The van der Waals surface area contributed by atoms with Crippen LogP contribution < -0.4 is 10.1 Å². The second-order valence-electron chi connectivity index (χ2n) is 4.98. The van der Waals surface area contributed by atoms with Gasteiger partial charge in [-0.1, -0.05) is 0 Å². The predicted molar refractivity (Wildman–Crippen MR) is 87.8 cm³/mol. The number of piperidine rings is 1. The first-order valence-electron chi connectivity index (χ1n) is 6.70. The molecule has 0 radical (unpaired) electrons. The van der Waals surface area contributed by atoms with Crippen molar-refractivity contribution in [2.75, 3.05) is 19.7 Å². The van der Waals surface area contributed by atoms with Crippen molar-refractivity contribution in [1.29, 1.82) is 0 Å². The van der Waals surface area contributed by atoms with Crippen LogP contribution in [0.1, 0.15) is 12.8 Å². The molecule has 1 N–H and O–H groups in total. The summed E-state index contributed by atoms with van der Waals surface area (Å²) in [6.07, 6.45) is 6.09. The lowest BCUT2D eigenvalue weighted by Gasteiger charge is -2.23. The van der Waals surface area contributed by atoms with Gasteiger partial charge in [-0.05, 0) is 66.0 Å². The largest absolute Gasteiger partial charge is 0.492 e. The van der Waals surface area contributed by atoms with E-state index >= 15 is 0 Å². The van der Waals surface area contributed by atoms with Gasteiger partial charge in [0, 0.05) is 23.2 Å². The van der Waals surface area contributed by atoms with E-state index in [2.05, 4.69) is 32.3 Å². The Morgan fingerprint density at radius 2 is 2.05 bits per heavy atom. The van der Waals surface area contributed by atoms with Gasteiger partial charge in [-0.3, -0.25) is 4.98 Å².